The van der Waals surface area contributed by atoms with Crippen molar-refractivity contribution in [3.8, 4) is 11.4 Å². The van der Waals surface area contributed by atoms with Gasteiger partial charge in [-0.25, -0.2) is 0 Å². The molecule has 0 fully saturated rings. The van der Waals surface area contributed by atoms with Gasteiger partial charge in [-0.1, -0.05) is 17.7 Å². The van der Waals surface area contributed by atoms with Crippen molar-refractivity contribution in [2.24, 2.45) is 0 Å². The summed E-state index contributed by atoms with van der Waals surface area (Å²) in [6, 6.07) is 11.3. The normalized spacial score (nSPS) is 11.0. The topological polar surface area (TPSA) is 105 Å². The van der Waals surface area contributed by atoms with Crippen molar-refractivity contribution in [2.45, 2.75) is 6.92 Å². The molecule has 0 bridgehead atoms. The highest BCUT2D eigenvalue weighted by molar-refractivity contribution is 6.30. The van der Waals surface area contributed by atoms with Gasteiger partial charge in [0.05, 0.1) is 11.7 Å². The first-order valence-electron chi connectivity index (χ1n) is 7.57. The van der Waals surface area contributed by atoms with Gasteiger partial charge in [0.1, 0.15) is 0 Å². The highest BCUT2D eigenvalue weighted by atomic mass is 35.5. The first-order valence-corrected chi connectivity index (χ1v) is 7.94. The van der Waals surface area contributed by atoms with Gasteiger partial charge in [0.15, 0.2) is 5.82 Å². The van der Waals surface area contributed by atoms with Gasteiger partial charge in [0.2, 0.25) is 11.9 Å². The maximum atomic E-state index is 6.09. The number of aromatic amines is 1. The van der Waals surface area contributed by atoms with Crippen LogP contribution in [0.25, 0.3) is 22.3 Å². The molecule has 2 aromatic carbocycles. The van der Waals surface area contributed by atoms with Crippen molar-refractivity contribution in [2.75, 3.05) is 11.1 Å². The quantitative estimate of drug-likeness (QED) is 0.519. The average molecular weight is 352 g/mol. The van der Waals surface area contributed by atoms with E-state index in [9.17, 15) is 0 Å². The Morgan fingerprint density at radius 2 is 1.96 bits per heavy atom. The van der Waals surface area contributed by atoms with Crippen LogP contribution in [0, 0.1) is 6.92 Å². The van der Waals surface area contributed by atoms with Gasteiger partial charge in [-0.05, 0) is 42.8 Å². The third-order valence-corrected chi connectivity index (χ3v) is 4.03. The van der Waals surface area contributed by atoms with Crippen LogP contribution in [-0.4, -0.2) is 25.1 Å². The molecule has 0 saturated carbocycles. The number of H-pyrrole nitrogens is 1. The monoisotopic (exact) mass is 351 g/mol. The third kappa shape index (κ3) is 3.09. The van der Waals surface area contributed by atoms with Crippen molar-refractivity contribution < 1.29 is 0 Å². The minimum atomic E-state index is 0.134. The van der Waals surface area contributed by atoms with Crippen LogP contribution >= 0.6 is 11.6 Å². The van der Waals surface area contributed by atoms with Crippen molar-refractivity contribution in [3.05, 3.63) is 53.2 Å². The van der Waals surface area contributed by atoms with Gasteiger partial charge < -0.3 is 11.1 Å². The largest absolute Gasteiger partial charge is 0.368 e. The molecule has 0 atom stereocenters. The van der Waals surface area contributed by atoms with Crippen LogP contribution in [0.3, 0.4) is 0 Å². The third-order valence-electron chi connectivity index (χ3n) is 3.79. The number of rotatable bonds is 3. The number of nitrogens with two attached hydrogens (primary N) is 1. The van der Waals surface area contributed by atoms with Gasteiger partial charge >= 0.3 is 0 Å². The fourth-order valence-electron chi connectivity index (χ4n) is 2.55. The Morgan fingerprint density at radius 3 is 2.84 bits per heavy atom. The second-order valence-corrected chi connectivity index (χ2v) is 6.03. The Labute approximate surface area is 148 Å². The van der Waals surface area contributed by atoms with E-state index < -0.39 is 0 Å². The molecule has 8 heteroatoms. The summed E-state index contributed by atoms with van der Waals surface area (Å²) in [6.07, 6.45) is 1.76. The summed E-state index contributed by atoms with van der Waals surface area (Å²) in [6.45, 7) is 1.96. The summed E-state index contributed by atoms with van der Waals surface area (Å²) in [5, 5.41) is 11.7. The van der Waals surface area contributed by atoms with Crippen LogP contribution in [0.2, 0.25) is 5.02 Å². The molecule has 0 aliphatic carbocycles. The number of fused-ring (bicyclic) bond motifs is 1. The van der Waals surface area contributed by atoms with Crippen LogP contribution in [0.15, 0.2) is 42.6 Å². The van der Waals surface area contributed by atoms with Crippen molar-refractivity contribution in [1.82, 2.24) is 25.1 Å². The number of halogens is 1. The number of anilines is 3. The van der Waals surface area contributed by atoms with E-state index in [-0.39, 0.29) is 5.95 Å². The first kappa shape index (κ1) is 15.3. The maximum absolute atomic E-state index is 6.09. The zero-order valence-electron chi connectivity index (χ0n) is 13.3. The molecule has 0 aliphatic rings. The molecule has 0 unspecified atom stereocenters. The Kier molecular flexibility index (Phi) is 3.70. The summed E-state index contributed by atoms with van der Waals surface area (Å²) in [5.41, 5.74) is 9.41. The molecule has 2 aromatic heterocycles. The highest BCUT2D eigenvalue weighted by Crippen LogP contribution is 2.26. The van der Waals surface area contributed by atoms with Crippen LogP contribution in [0.4, 0.5) is 17.6 Å². The predicted octanol–water partition coefficient (Wildman–Crippen LogP) is 3.70. The van der Waals surface area contributed by atoms with E-state index in [4.69, 9.17) is 17.3 Å². The number of nitrogen functional groups attached to an aromatic ring is 1. The molecule has 0 aliphatic heterocycles. The zero-order chi connectivity index (χ0) is 17.4. The molecule has 0 spiro atoms. The lowest BCUT2D eigenvalue weighted by Gasteiger charge is -2.09. The number of hydrogen-bond donors (Lipinski definition) is 3. The molecule has 0 saturated heterocycles. The SMILES string of the molecule is Cc1ccc(Cl)cc1-c1nc(N)nc(Nc2ccc3cn[nH]c3c2)n1. The lowest BCUT2D eigenvalue weighted by atomic mass is 10.1. The summed E-state index contributed by atoms with van der Waals surface area (Å²) in [7, 11) is 0. The summed E-state index contributed by atoms with van der Waals surface area (Å²) in [5.74, 6) is 0.966. The Morgan fingerprint density at radius 1 is 1.08 bits per heavy atom. The highest BCUT2D eigenvalue weighted by Gasteiger charge is 2.10. The zero-order valence-corrected chi connectivity index (χ0v) is 14.0. The fraction of sp³-hybridized carbons (Fsp3) is 0.0588. The number of nitrogens with zero attached hydrogens (tertiary/aromatic N) is 4. The van der Waals surface area contributed by atoms with Crippen molar-refractivity contribution >= 4 is 40.1 Å². The van der Waals surface area contributed by atoms with Crippen LogP contribution in [0.1, 0.15) is 5.56 Å². The molecular formula is C17H14ClN7. The summed E-state index contributed by atoms with van der Waals surface area (Å²) >= 11 is 6.09. The second-order valence-electron chi connectivity index (χ2n) is 5.60. The molecule has 7 nitrogen and oxygen atoms in total. The molecular weight excluding hydrogens is 338 g/mol. The molecule has 0 amide bonds. The van der Waals surface area contributed by atoms with Crippen LogP contribution in [-0.2, 0) is 0 Å². The van der Waals surface area contributed by atoms with Gasteiger partial charge in [-0.15, -0.1) is 0 Å². The fourth-order valence-corrected chi connectivity index (χ4v) is 2.72. The van der Waals surface area contributed by atoms with Gasteiger partial charge in [-0.3, -0.25) is 5.10 Å². The molecule has 124 valence electrons. The van der Waals surface area contributed by atoms with E-state index in [1.807, 2.05) is 43.3 Å². The summed E-state index contributed by atoms with van der Waals surface area (Å²) < 4.78 is 0. The van der Waals surface area contributed by atoms with Gasteiger partial charge in [-0.2, -0.15) is 20.1 Å². The Bertz CT molecular complexity index is 1070. The minimum absolute atomic E-state index is 0.134. The van der Waals surface area contributed by atoms with E-state index >= 15 is 0 Å². The molecule has 4 aromatic rings. The van der Waals surface area contributed by atoms with Crippen molar-refractivity contribution in [1.29, 1.82) is 0 Å². The second kappa shape index (κ2) is 6.03. The van der Waals surface area contributed by atoms with Crippen molar-refractivity contribution in [3.63, 3.8) is 0 Å². The Hall–Kier alpha value is -3.19. The molecule has 0 radical (unpaired) electrons. The molecule has 2 heterocycles. The van der Waals surface area contributed by atoms with E-state index in [1.165, 1.54) is 0 Å². The molecule has 4 rings (SSSR count). The van der Waals surface area contributed by atoms with Crippen LogP contribution in [0.5, 0.6) is 0 Å². The lowest BCUT2D eigenvalue weighted by molar-refractivity contribution is 1.07. The smallest absolute Gasteiger partial charge is 0.232 e. The van der Waals surface area contributed by atoms with Crippen LogP contribution < -0.4 is 11.1 Å². The standard InChI is InChI=1S/C17H14ClN7/c1-9-2-4-11(18)6-13(9)15-22-16(19)24-17(23-15)21-12-5-3-10-8-20-25-14(10)7-12/h2-8H,1H3,(H,20,25)(H3,19,21,22,23,24). The maximum Gasteiger partial charge on any atom is 0.232 e. The number of aromatic nitrogens is 5. The van der Waals surface area contributed by atoms with Gasteiger partial charge in [0, 0.05) is 21.7 Å². The predicted molar refractivity (Wildman–Crippen MR) is 98.8 cm³/mol. The van der Waals surface area contributed by atoms with Gasteiger partial charge in [0.25, 0.3) is 0 Å². The molecule has 4 N–H and O–H groups in total. The van der Waals surface area contributed by atoms with E-state index in [2.05, 4.69) is 30.5 Å². The van der Waals surface area contributed by atoms with E-state index in [0.29, 0.717) is 16.8 Å². The summed E-state index contributed by atoms with van der Waals surface area (Å²) in [4.78, 5) is 12.9. The lowest BCUT2D eigenvalue weighted by Crippen LogP contribution is -2.05. The first-order chi connectivity index (χ1) is 12.1. The average Bonchev–Trinajstić information content (AvgIpc) is 3.04. The number of nitrogens with one attached hydrogen (secondary N) is 2. The molecule has 25 heavy (non-hydrogen) atoms. The Balaban J connectivity index is 1.73. The minimum Gasteiger partial charge on any atom is -0.368 e. The van der Waals surface area contributed by atoms with E-state index in [1.54, 1.807) is 6.20 Å². The number of hydrogen-bond acceptors (Lipinski definition) is 6. The number of aryl methyl sites for hydroxylation is 1. The van der Waals surface area contributed by atoms with E-state index in [0.717, 1.165) is 27.7 Å². The number of benzene rings is 2.